The molecule has 0 aromatic carbocycles. The minimum atomic E-state index is -0.404. The second kappa shape index (κ2) is 4.65. The maximum atomic E-state index is 12.2. The third-order valence-corrected chi connectivity index (χ3v) is 2.89. The first-order valence-electron chi connectivity index (χ1n) is 5.89. The van der Waals surface area contributed by atoms with E-state index < -0.39 is 11.5 Å². The zero-order valence-corrected chi connectivity index (χ0v) is 10.6. The summed E-state index contributed by atoms with van der Waals surface area (Å²) in [4.78, 5) is 37.1. The molecule has 8 heteroatoms. The number of carbonyl (C=O) groups excluding carboxylic acids is 1. The molecule has 3 aromatic heterocycles. The molecule has 8 nitrogen and oxygen atoms in total. The predicted molar refractivity (Wildman–Crippen MR) is 69.1 cm³/mol. The third-order valence-electron chi connectivity index (χ3n) is 2.89. The average Bonchev–Trinajstić information content (AvgIpc) is 3.03. The SMILES string of the molecule is Cc1oc2nc[nH]c(=O)c2c1C(=O)NCc1cnc[nH]1. The molecule has 0 saturated carbocycles. The second-order valence-corrected chi connectivity index (χ2v) is 4.20. The average molecular weight is 273 g/mol. The van der Waals surface area contributed by atoms with Crippen LogP contribution in [-0.2, 0) is 6.54 Å². The lowest BCUT2D eigenvalue weighted by Crippen LogP contribution is -2.24. The topological polar surface area (TPSA) is 117 Å². The van der Waals surface area contributed by atoms with Crippen molar-refractivity contribution in [3.8, 4) is 0 Å². The second-order valence-electron chi connectivity index (χ2n) is 4.20. The van der Waals surface area contributed by atoms with Gasteiger partial charge in [-0.2, -0.15) is 0 Å². The fourth-order valence-corrected chi connectivity index (χ4v) is 1.97. The van der Waals surface area contributed by atoms with E-state index in [2.05, 4.69) is 25.3 Å². The van der Waals surface area contributed by atoms with Gasteiger partial charge in [0.15, 0.2) is 0 Å². The van der Waals surface area contributed by atoms with Crippen LogP contribution in [-0.4, -0.2) is 25.8 Å². The Labute approximate surface area is 112 Å². The highest BCUT2D eigenvalue weighted by molar-refractivity contribution is 6.06. The van der Waals surface area contributed by atoms with E-state index in [0.29, 0.717) is 5.76 Å². The van der Waals surface area contributed by atoms with Gasteiger partial charge in [0.1, 0.15) is 11.1 Å². The van der Waals surface area contributed by atoms with Gasteiger partial charge in [-0.1, -0.05) is 0 Å². The Morgan fingerprint density at radius 1 is 1.40 bits per heavy atom. The molecule has 20 heavy (non-hydrogen) atoms. The van der Waals surface area contributed by atoms with Gasteiger partial charge in [0.05, 0.1) is 30.5 Å². The smallest absolute Gasteiger partial charge is 0.262 e. The van der Waals surface area contributed by atoms with Crippen LogP contribution in [0.5, 0.6) is 0 Å². The van der Waals surface area contributed by atoms with Crippen LogP contribution in [0.2, 0.25) is 0 Å². The molecule has 0 aliphatic rings. The number of aromatic amines is 2. The maximum Gasteiger partial charge on any atom is 0.262 e. The molecule has 0 bridgehead atoms. The molecule has 0 spiro atoms. The van der Waals surface area contributed by atoms with Crippen LogP contribution in [0.1, 0.15) is 21.8 Å². The van der Waals surface area contributed by atoms with Gasteiger partial charge < -0.3 is 19.7 Å². The van der Waals surface area contributed by atoms with E-state index in [1.807, 2.05) is 0 Å². The first-order chi connectivity index (χ1) is 9.66. The number of fused-ring (bicyclic) bond motifs is 1. The Morgan fingerprint density at radius 3 is 3.00 bits per heavy atom. The predicted octanol–water partition coefficient (Wildman–Crippen LogP) is 0.478. The summed E-state index contributed by atoms with van der Waals surface area (Å²) < 4.78 is 5.33. The van der Waals surface area contributed by atoms with Crippen LogP contribution < -0.4 is 10.9 Å². The molecule has 0 atom stereocenters. The molecule has 0 aliphatic heterocycles. The summed E-state index contributed by atoms with van der Waals surface area (Å²) in [6, 6.07) is 0. The minimum Gasteiger partial charge on any atom is -0.442 e. The summed E-state index contributed by atoms with van der Waals surface area (Å²) >= 11 is 0. The number of hydrogen-bond acceptors (Lipinski definition) is 5. The first kappa shape index (κ1) is 12.2. The summed E-state index contributed by atoms with van der Waals surface area (Å²) in [5.41, 5.74) is 0.709. The molecule has 0 radical (unpaired) electrons. The van der Waals surface area contributed by atoms with Crippen molar-refractivity contribution in [2.75, 3.05) is 0 Å². The number of nitrogens with one attached hydrogen (secondary N) is 3. The number of furan rings is 1. The van der Waals surface area contributed by atoms with Gasteiger partial charge in [-0.15, -0.1) is 0 Å². The van der Waals surface area contributed by atoms with Crippen LogP contribution in [0.4, 0.5) is 0 Å². The molecule has 3 rings (SSSR count). The standard InChI is InChI=1S/C12H11N5O3/c1-6-8(9-11(19)16-5-17-12(9)20-6)10(18)14-3-7-2-13-4-15-7/h2,4-5H,3H2,1H3,(H,13,15)(H,14,18)(H,16,17,19). The quantitative estimate of drug-likeness (QED) is 0.641. The highest BCUT2D eigenvalue weighted by atomic mass is 16.3. The first-order valence-corrected chi connectivity index (χ1v) is 5.89. The minimum absolute atomic E-state index is 0.151. The fourth-order valence-electron chi connectivity index (χ4n) is 1.97. The number of carbonyl (C=O) groups is 1. The Kier molecular flexibility index (Phi) is 2.82. The lowest BCUT2D eigenvalue weighted by Gasteiger charge is -2.02. The molecular weight excluding hydrogens is 262 g/mol. The number of aryl methyl sites for hydroxylation is 1. The van der Waals surface area contributed by atoms with Crippen LogP contribution in [0.3, 0.4) is 0 Å². The van der Waals surface area contributed by atoms with E-state index in [1.165, 1.54) is 12.7 Å². The largest absolute Gasteiger partial charge is 0.442 e. The fraction of sp³-hybridized carbons (Fsp3) is 0.167. The van der Waals surface area contributed by atoms with Crippen LogP contribution in [0.15, 0.2) is 28.1 Å². The number of aromatic nitrogens is 4. The van der Waals surface area contributed by atoms with Gasteiger partial charge in [0.2, 0.25) is 5.71 Å². The molecule has 3 heterocycles. The normalized spacial score (nSPS) is 10.8. The van der Waals surface area contributed by atoms with Crippen molar-refractivity contribution < 1.29 is 9.21 Å². The number of H-pyrrole nitrogens is 2. The van der Waals surface area contributed by atoms with Crippen LogP contribution in [0.25, 0.3) is 11.1 Å². The van der Waals surface area contributed by atoms with Crippen molar-refractivity contribution in [1.82, 2.24) is 25.3 Å². The van der Waals surface area contributed by atoms with E-state index in [9.17, 15) is 9.59 Å². The molecule has 102 valence electrons. The molecule has 0 saturated heterocycles. The van der Waals surface area contributed by atoms with E-state index in [1.54, 1.807) is 13.1 Å². The highest BCUT2D eigenvalue weighted by Gasteiger charge is 2.21. The van der Waals surface area contributed by atoms with E-state index in [-0.39, 0.29) is 23.2 Å². The van der Waals surface area contributed by atoms with Gasteiger partial charge in [0, 0.05) is 6.20 Å². The van der Waals surface area contributed by atoms with Crippen molar-refractivity contribution in [2.24, 2.45) is 0 Å². The number of amides is 1. The Morgan fingerprint density at radius 2 is 2.25 bits per heavy atom. The molecule has 1 amide bonds. The van der Waals surface area contributed by atoms with Crippen molar-refractivity contribution in [1.29, 1.82) is 0 Å². The van der Waals surface area contributed by atoms with Gasteiger partial charge in [-0.3, -0.25) is 9.59 Å². The molecule has 3 N–H and O–H groups in total. The van der Waals surface area contributed by atoms with Crippen LogP contribution in [0, 0.1) is 6.92 Å². The number of nitrogens with zero attached hydrogens (tertiary/aromatic N) is 2. The molecule has 0 aliphatic carbocycles. The van der Waals surface area contributed by atoms with Gasteiger partial charge in [0.25, 0.3) is 11.5 Å². The summed E-state index contributed by atoms with van der Waals surface area (Å²) in [5.74, 6) is -0.0411. The summed E-state index contributed by atoms with van der Waals surface area (Å²) in [6.45, 7) is 1.90. The number of hydrogen-bond donors (Lipinski definition) is 3. The Bertz CT molecular complexity index is 815. The van der Waals surface area contributed by atoms with Crippen molar-refractivity contribution in [3.63, 3.8) is 0 Å². The monoisotopic (exact) mass is 273 g/mol. The highest BCUT2D eigenvalue weighted by Crippen LogP contribution is 2.20. The maximum absolute atomic E-state index is 12.2. The van der Waals surface area contributed by atoms with Gasteiger partial charge in [-0.05, 0) is 6.92 Å². The zero-order valence-electron chi connectivity index (χ0n) is 10.6. The lowest BCUT2D eigenvalue weighted by atomic mass is 10.2. The van der Waals surface area contributed by atoms with E-state index in [0.717, 1.165) is 5.69 Å². The summed E-state index contributed by atoms with van der Waals surface area (Å²) in [5, 5.41) is 2.86. The summed E-state index contributed by atoms with van der Waals surface area (Å²) in [6.07, 6.45) is 4.36. The van der Waals surface area contributed by atoms with E-state index >= 15 is 0 Å². The van der Waals surface area contributed by atoms with Gasteiger partial charge >= 0.3 is 0 Å². The van der Waals surface area contributed by atoms with Crippen molar-refractivity contribution in [2.45, 2.75) is 13.5 Å². The summed E-state index contributed by atoms with van der Waals surface area (Å²) in [7, 11) is 0. The van der Waals surface area contributed by atoms with E-state index in [4.69, 9.17) is 4.42 Å². The zero-order chi connectivity index (χ0) is 14.1. The third kappa shape index (κ3) is 1.96. The van der Waals surface area contributed by atoms with Crippen molar-refractivity contribution >= 4 is 17.0 Å². The van der Waals surface area contributed by atoms with Crippen molar-refractivity contribution in [3.05, 3.63) is 46.2 Å². The molecule has 3 aromatic rings. The number of rotatable bonds is 3. The molecule has 0 unspecified atom stereocenters. The van der Waals surface area contributed by atoms with Crippen LogP contribution >= 0.6 is 0 Å². The number of imidazole rings is 1. The molecular formula is C12H11N5O3. The Balaban J connectivity index is 1.95. The molecule has 0 fully saturated rings. The Hall–Kier alpha value is -2.90. The lowest BCUT2D eigenvalue weighted by molar-refractivity contribution is 0.0950. The van der Waals surface area contributed by atoms with Gasteiger partial charge in [-0.25, -0.2) is 9.97 Å².